The van der Waals surface area contributed by atoms with Crippen LogP contribution in [0.25, 0.3) is 0 Å². The van der Waals surface area contributed by atoms with Crippen LogP contribution in [0.15, 0.2) is 0 Å². The Balaban J connectivity index is 2.34. The maximum atomic E-state index is 11.6. The van der Waals surface area contributed by atoms with Crippen molar-refractivity contribution in [2.75, 3.05) is 19.7 Å². The van der Waals surface area contributed by atoms with Crippen LogP contribution in [-0.4, -0.2) is 42.6 Å². The highest BCUT2D eigenvalue weighted by Crippen LogP contribution is 2.18. The molecule has 1 saturated heterocycles. The van der Waals surface area contributed by atoms with Gasteiger partial charge in [-0.15, -0.1) is 0 Å². The molecule has 2 atom stereocenters. The first-order valence-electron chi connectivity index (χ1n) is 5.71. The molecule has 1 aliphatic rings. The number of nitrogens with one attached hydrogen (secondary N) is 1. The predicted octanol–water partition coefficient (Wildman–Crippen LogP) is 1.92. The second-order valence-corrected chi connectivity index (χ2v) is 5.79. The van der Waals surface area contributed by atoms with Gasteiger partial charge in [-0.05, 0) is 19.8 Å². The molecule has 1 fully saturated rings. The molecule has 1 rings (SSSR count). The number of ether oxygens (including phenoxy) is 1. The summed E-state index contributed by atoms with van der Waals surface area (Å²) < 4.78 is 13.4. The van der Waals surface area contributed by atoms with Gasteiger partial charge < -0.3 is 9.64 Å². The Bertz CT molecular complexity index is 238. The average Bonchev–Trinajstić information content (AvgIpc) is 2.30. The fourth-order valence-corrected chi connectivity index (χ4v) is 2.54. The van der Waals surface area contributed by atoms with Crippen LogP contribution < -0.4 is 4.72 Å². The van der Waals surface area contributed by atoms with Gasteiger partial charge in [0.25, 0.3) is 0 Å². The average molecular weight is 374 g/mol. The molecule has 0 spiro atoms. The van der Waals surface area contributed by atoms with E-state index in [0.717, 1.165) is 12.8 Å². The summed E-state index contributed by atoms with van der Waals surface area (Å²) in [6, 6.07) is 0.219. The van der Waals surface area contributed by atoms with Crippen LogP contribution in [0.5, 0.6) is 0 Å². The van der Waals surface area contributed by atoms with Crippen LogP contribution in [0, 0.1) is 0 Å². The number of nitrogens with zero attached hydrogens (tertiary/aromatic N) is 1. The van der Waals surface area contributed by atoms with Crippen molar-refractivity contribution in [3.63, 3.8) is 0 Å². The summed E-state index contributed by atoms with van der Waals surface area (Å²) in [5.74, 6) is 0.107. The summed E-state index contributed by atoms with van der Waals surface area (Å²) in [6.07, 6.45) is 2.37. The summed E-state index contributed by atoms with van der Waals surface area (Å²) in [5.41, 5.74) is 0. The normalized spacial score (nSPS) is 24.6. The van der Waals surface area contributed by atoms with Gasteiger partial charge in [0.15, 0.2) is 0 Å². The molecule has 7 heteroatoms. The molecule has 0 aliphatic carbocycles. The second-order valence-electron chi connectivity index (χ2n) is 4.13. The van der Waals surface area contributed by atoms with Crippen LogP contribution in [0.1, 0.15) is 26.7 Å². The van der Waals surface area contributed by atoms with E-state index in [4.69, 9.17) is 7.25 Å². The molecular formula is C10H19IN2O3S. The zero-order chi connectivity index (χ0) is 12.7. The smallest absolute Gasteiger partial charge is 0.219 e. The molecule has 100 valence electrons. The Labute approximate surface area is 121 Å². The van der Waals surface area contributed by atoms with Gasteiger partial charge in [0, 0.05) is 20.0 Å². The van der Waals surface area contributed by atoms with Crippen LogP contribution in [0.2, 0.25) is 0 Å². The SMILES string of the molecule is CC(=O)N(CCNSOI)C1CCC(C)OC1. The van der Waals surface area contributed by atoms with Gasteiger partial charge in [-0.3, -0.25) is 4.79 Å². The number of amides is 1. The first-order valence-corrected chi connectivity index (χ1v) is 7.33. The van der Waals surface area contributed by atoms with Crippen molar-refractivity contribution in [3.05, 3.63) is 0 Å². The number of hydrogen-bond acceptors (Lipinski definition) is 5. The van der Waals surface area contributed by atoms with Gasteiger partial charge in [0.1, 0.15) is 23.0 Å². The van der Waals surface area contributed by atoms with Gasteiger partial charge >= 0.3 is 0 Å². The summed E-state index contributed by atoms with van der Waals surface area (Å²) in [5, 5.41) is 0. The predicted molar refractivity (Wildman–Crippen MR) is 76.5 cm³/mol. The molecule has 1 heterocycles. The number of hydrogen-bond donors (Lipinski definition) is 1. The maximum absolute atomic E-state index is 11.6. The van der Waals surface area contributed by atoms with E-state index in [0.29, 0.717) is 25.8 Å². The summed E-state index contributed by atoms with van der Waals surface area (Å²) in [4.78, 5) is 13.5. The lowest BCUT2D eigenvalue weighted by molar-refractivity contribution is -0.135. The minimum Gasteiger partial charge on any atom is -0.376 e. The molecule has 5 nitrogen and oxygen atoms in total. The molecule has 1 amide bonds. The van der Waals surface area contributed by atoms with Crippen molar-refractivity contribution in [1.29, 1.82) is 0 Å². The van der Waals surface area contributed by atoms with Crippen molar-refractivity contribution in [2.24, 2.45) is 0 Å². The van der Waals surface area contributed by atoms with Crippen molar-refractivity contribution in [2.45, 2.75) is 38.8 Å². The monoisotopic (exact) mass is 374 g/mol. The van der Waals surface area contributed by atoms with E-state index in [1.165, 1.54) is 12.2 Å². The molecule has 1 aliphatic heterocycles. The Morgan fingerprint density at radius 3 is 2.94 bits per heavy atom. The van der Waals surface area contributed by atoms with Crippen LogP contribution in [0.3, 0.4) is 0 Å². The molecule has 0 aromatic heterocycles. The molecule has 0 radical (unpaired) electrons. The number of rotatable bonds is 6. The highest BCUT2D eigenvalue weighted by molar-refractivity contribution is 14.1. The minimum absolute atomic E-state index is 0.107. The maximum Gasteiger partial charge on any atom is 0.219 e. The summed E-state index contributed by atoms with van der Waals surface area (Å²) in [6.45, 7) is 5.73. The lowest BCUT2D eigenvalue weighted by Crippen LogP contribution is -2.47. The van der Waals surface area contributed by atoms with E-state index in [1.807, 2.05) is 4.90 Å². The van der Waals surface area contributed by atoms with Gasteiger partial charge in [0.05, 0.1) is 31.0 Å². The molecule has 2 unspecified atom stereocenters. The fraction of sp³-hybridized carbons (Fsp3) is 0.900. The van der Waals surface area contributed by atoms with Gasteiger partial charge in [-0.1, -0.05) is 0 Å². The first kappa shape index (κ1) is 15.5. The molecule has 0 saturated carbocycles. The Morgan fingerprint density at radius 2 is 2.41 bits per heavy atom. The lowest BCUT2D eigenvalue weighted by Gasteiger charge is -2.35. The third-order valence-electron chi connectivity index (χ3n) is 2.87. The zero-order valence-electron chi connectivity index (χ0n) is 10.1. The van der Waals surface area contributed by atoms with E-state index in [9.17, 15) is 4.79 Å². The Hall–Kier alpha value is 0.430. The topological polar surface area (TPSA) is 50.8 Å². The number of halogens is 1. The molecule has 17 heavy (non-hydrogen) atoms. The number of carbonyl (C=O) groups excluding carboxylic acids is 1. The van der Waals surface area contributed by atoms with E-state index >= 15 is 0 Å². The Kier molecular flexibility index (Phi) is 7.76. The number of carbonyl (C=O) groups is 1. The summed E-state index contributed by atoms with van der Waals surface area (Å²) >= 11 is 2.98. The van der Waals surface area contributed by atoms with Crippen LogP contribution >= 0.6 is 35.2 Å². The molecule has 0 aromatic rings. The Morgan fingerprint density at radius 1 is 1.65 bits per heavy atom. The molecule has 1 N–H and O–H groups in total. The van der Waals surface area contributed by atoms with Crippen molar-refractivity contribution < 1.29 is 12.0 Å². The first-order chi connectivity index (χ1) is 8.15. The third-order valence-corrected chi connectivity index (χ3v) is 3.79. The van der Waals surface area contributed by atoms with Gasteiger partial charge in [0.2, 0.25) is 5.91 Å². The van der Waals surface area contributed by atoms with E-state index in [2.05, 4.69) is 11.6 Å². The molecular weight excluding hydrogens is 355 g/mol. The molecule has 0 aromatic carbocycles. The lowest BCUT2D eigenvalue weighted by atomic mass is 10.0. The quantitative estimate of drug-likeness (QED) is 0.333. The third kappa shape index (κ3) is 5.73. The van der Waals surface area contributed by atoms with Crippen molar-refractivity contribution in [1.82, 2.24) is 9.62 Å². The highest BCUT2D eigenvalue weighted by atomic mass is 127. The summed E-state index contributed by atoms with van der Waals surface area (Å²) in [7, 11) is 0. The second kappa shape index (κ2) is 8.52. The van der Waals surface area contributed by atoms with Gasteiger partial charge in [-0.25, -0.2) is 7.23 Å². The largest absolute Gasteiger partial charge is 0.376 e. The van der Waals surface area contributed by atoms with Gasteiger partial charge in [-0.2, -0.15) is 0 Å². The van der Waals surface area contributed by atoms with E-state index in [-0.39, 0.29) is 11.9 Å². The van der Waals surface area contributed by atoms with E-state index < -0.39 is 0 Å². The van der Waals surface area contributed by atoms with Crippen LogP contribution in [-0.2, 0) is 12.0 Å². The minimum atomic E-state index is 0.107. The molecule has 0 bridgehead atoms. The fourth-order valence-electron chi connectivity index (χ4n) is 1.94. The highest BCUT2D eigenvalue weighted by Gasteiger charge is 2.25. The zero-order valence-corrected chi connectivity index (χ0v) is 13.1. The van der Waals surface area contributed by atoms with E-state index in [1.54, 1.807) is 29.9 Å². The standard InChI is InChI=1S/C10H19IN2O3S/c1-8-3-4-10(7-15-8)13(9(2)14)6-5-12-17-16-11/h8,10,12H,3-7H2,1-2H3. The van der Waals surface area contributed by atoms with Crippen molar-refractivity contribution in [3.8, 4) is 0 Å². The van der Waals surface area contributed by atoms with Crippen molar-refractivity contribution >= 4 is 41.1 Å². The van der Waals surface area contributed by atoms with Crippen LogP contribution in [0.4, 0.5) is 0 Å².